The summed E-state index contributed by atoms with van der Waals surface area (Å²) in [6, 6.07) is 16.4. The van der Waals surface area contributed by atoms with Crippen molar-refractivity contribution >= 4 is 11.4 Å². The van der Waals surface area contributed by atoms with Gasteiger partial charge in [-0.05, 0) is 29.3 Å². The first kappa shape index (κ1) is 10.6. The van der Waals surface area contributed by atoms with Crippen LogP contribution in [0.1, 0.15) is 0 Å². The van der Waals surface area contributed by atoms with E-state index in [1.165, 1.54) is 5.56 Å². The molecule has 0 bridgehead atoms. The Morgan fingerprint density at radius 3 is 2.19 bits per heavy atom. The number of nitrogens with two attached hydrogens (primary N) is 1. The van der Waals surface area contributed by atoms with Gasteiger partial charge in [-0.3, -0.25) is 0 Å². The van der Waals surface area contributed by atoms with E-state index in [4.69, 9.17) is 5.73 Å². The van der Waals surface area contributed by atoms with Gasteiger partial charge in [0.25, 0.3) is 0 Å². The molecule has 0 radical (unpaired) electrons. The van der Waals surface area contributed by atoms with E-state index in [2.05, 4.69) is 23.1 Å². The van der Waals surface area contributed by atoms with Crippen LogP contribution in [-0.2, 0) is 0 Å². The van der Waals surface area contributed by atoms with E-state index < -0.39 is 0 Å². The monoisotopic (exact) mass is 212 g/mol. The summed E-state index contributed by atoms with van der Waals surface area (Å²) >= 11 is 0. The van der Waals surface area contributed by atoms with Crippen molar-refractivity contribution in [3.63, 3.8) is 0 Å². The highest BCUT2D eigenvalue weighted by Gasteiger charge is 2.02. The van der Waals surface area contributed by atoms with Gasteiger partial charge in [0.2, 0.25) is 0 Å². The number of anilines is 2. The number of nitrogen functional groups attached to an aromatic ring is 1. The van der Waals surface area contributed by atoms with Gasteiger partial charge >= 0.3 is 0 Å². The maximum Gasteiger partial charge on any atom is 0.0387 e. The molecule has 0 atom stereocenters. The fourth-order valence-corrected chi connectivity index (χ4v) is 1.69. The molecule has 0 aliphatic rings. The molecule has 0 spiro atoms. The van der Waals surface area contributed by atoms with Crippen LogP contribution in [0.25, 0.3) is 11.1 Å². The Bertz CT molecular complexity index is 475. The van der Waals surface area contributed by atoms with Gasteiger partial charge in [0.15, 0.2) is 0 Å². The molecule has 0 heterocycles. The molecule has 0 aliphatic carbocycles. The topological polar surface area (TPSA) is 29.3 Å². The highest BCUT2D eigenvalue weighted by molar-refractivity contribution is 5.73. The number of rotatable bonds is 2. The standard InChI is InChI=1S/C14H16N2/c1-16(2)14-9-12(8-13(15)10-14)11-6-4-3-5-7-11/h3-10H,15H2,1-2H3. The summed E-state index contributed by atoms with van der Waals surface area (Å²) in [6.07, 6.45) is 0. The lowest BCUT2D eigenvalue weighted by Crippen LogP contribution is -2.09. The van der Waals surface area contributed by atoms with Crippen molar-refractivity contribution < 1.29 is 0 Å². The van der Waals surface area contributed by atoms with Gasteiger partial charge in [0, 0.05) is 25.5 Å². The highest BCUT2D eigenvalue weighted by atomic mass is 15.1. The first-order valence-electron chi connectivity index (χ1n) is 5.30. The van der Waals surface area contributed by atoms with Crippen molar-refractivity contribution in [3.8, 4) is 11.1 Å². The molecule has 2 heteroatoms. The van der Waals surface area contributed by atoms with Gasteiger partial charge in [0.1, 0.15) is 0 Å². The number of hydrogen-bond acceptors (Lipinski definition) is 2. The molecule has 0 aromatic heterocycles. The van der Waals surface area contributed by atoms with Crippen molar-refractivity contribution in [1.29, 1.82) is 0 Å². The van der Waals surface area contributed by atoms with Gasteiger partial charge < -0.3 is 10.6 Å². The van der Waals surface area contributed by atoms with Crippen molar-refractivity contribution in [2.45, 2.75) is 0 Å². The Labute approximate surface area is 96.3 Å². The average molecular weight is 212 g/mol. The summed E-state index contributed by atoms with van der Waals surface area (Å²) in [4.78, 5) is 2.06. The fourth-order valence-electron chi connectivity index (χ4n) is 1.69. The third-order valence-electron chi connectivity index (χ3n) is 2.56. The predicted octanol–water partition coefficient (Wildman–Crippen LogP) is 3.00. The summed E-state index contributed by atoms with van der Waals surface area (Å²) in [5.41, 5.74) is 10.2. The molecule has 82 valence electrons. The summed E-state index contributed by atoms with van der Waals surface area (Å²) in [5.74, 6) is 0. The molecule has 2 rings (SSSR count). The van der Waals surface area contributed by atoms with Crippen LogP contribution in [0.5, 0.6) is 0 Å². The molecule has 16 heavy (non-hydrogen) atoms. The van der Waals surface area contributed by atoms with Crippen LogP contribution >= 0.6 is 0 Å². The van der Waals surface area contributed by atoms with E-state index in [0.29, 0.717) is 0 Å². The minimum atomic E-state index is 0.796. The molecule has 0 saturated heterocycles. The van der Waals surface area contributed by atoms with Crippen LogP contribution in [0.2, 0.25) is 0 Å². The Hall–Kier alpha value is -1.96. The average Bonchev–Trinajstić information content (AvgIpc) is 2.29. The second-order valence-corrected chi connectivity index (χ2v) is 4.07. The van der Waals surface area contributed by atoms with Crippen molar-refractivity contribution in [2.24, 2.45) is 0 Å². The summed E-state index contributed by atoms with van der Waals surface area (Å²) in [6.45, 7) is 0. The predicted molar refractivity (Wildman–Crippen MR) is 70.6 cm³/mol. The first-order chi connectivity index (χ1) is 7.66. The van der Waals surface area contributed by atoms with E-state index in [-0.39, 0.29) is 0 Å². The number of benzene rings is 2. The fraction of sp³-hybridized carbons (Fsp3) is 0.143. The van der Waals surface area contributed by atoms with E-state index in [1.54, 1.807) is 0 Å². The molecule has 2 N–H and O–H groups in total. The summed E-state index contributed by atoms with van der Waals surface area (Å²) < 4.78 is 0. The molecule has 0 unspecified atom stereocenters. The van der Waals surface area contributed by atoms with Gasteiger partial charge in [-0.2, -0.15) is 0 Å². The van der Waals surface area contributed by atoms with E-state index in [1.807, 2.05) is 44.4 Å². The largest absolute Gasteiger partial charge is 0.399 e. The lowest BCUT2D eigenvalue weighted by molar-refractivity contribution is 1.13. The second kappa shape index (κ2) is 4.27. The smallest absolute Gasteiger partial charge is 0.0387 e. The maximum atomic E-state index is 5.91. The van der Waals surface area contributed by atoms with Crippen LogP contribution in [-0.4, -0.2) is 14.1 Å². The molecule has 0 amide bonds. The molecule has 0 saturated carbocycles. The molecule has 0 fully saturated rings. The summed E-state index contributed by atoms with van der Waals surface area (Å²) in [7, 11) is 4.03. The maximum absolute atomic E-state index is 5.91. The zero-order chi connectivity index (χ0) is 11.5. The normalized spacial score (nSPS) is 10.1. The zero-order valence-corrected chi connectivity index (χ0v) is 9.64. The Kier molecular flexibility index (Phi) is 2.82. The number of nitrogens with zero attached hydrogens (tertiary/aromatic N) is 1. The molecular weight excluding hydrogens is 196 g/mol. The summed E-state index contributed by atoms with van der Waals surface area (Å²) in [5, 5.41) is 0. The number of hydrogen-bond donors (Lipinski definition) is 1. The minimum Gasteiger partial charge on any atom is -0.399 e. The minimum absolute atomic E-state index is 0.796. The van der Waals surface area contributed by atoms with Crippen molar-refractivity contribution in [3.05, 3.63) is 48.5 Å². The Morgan fingerprint density at radius 1 is 0.875 bits per heavy atom. The van der Waals surface area contributed by atoms with Crippen molar-refractivity contribution in [2.75, 3.05) is 24.7 Å². The van der Waals surface area contributed by atoms with E-state index in [9.17, 15) is 0 Å². The van der Waals surface area contributed by atoms with Crippen molar-refractivity contribution in [1.82, 2.24) is 0 Å². The quantitative estimate of drug-likeness (QED) is 0.775. The first-order valence-corrected chi connectivity index (χ1v) is 5.30. The Balaban J connectivity index is 2.50. The zero-order valence-electron chi connectivity index (χ0n) is 9.64. The molecule has 2 aromatic carbocycles. The van der Waals surface area contributed by atoms with Gasteiger partial charge in [0.05, 0.1) is 0 Å². The lowest BCUT2D eigenvalue weighted by Gasteiger charge is -2.15. The van der Waals surface area contributed by atoms with E-state index >= 15 is 0 Å². The molecule has 2 nitrogen and oxygen atoms in total. The van der Waals surface area contributed by atoms with Crippen LogP contribution in [0.3, 0.4) is 0 Å². The Morgan fingerprint density at radius 2 is 1.56 bits per heavy atom. The molecule has 2 aromatic rings. The van der Waals surface area contributed by atoms with E-state index in [0.717, 1.165) is 16.9 Å². The lowest BCUT2D eigenvalue weighted by atomic mass is 10.0. The third kappa shape index (κ3) is 2.16. The van der Waals surface area contributed by atoms with Crippen LogP contribution < -0.4 is 10.6 Å². The SMILES string of the molecule is CN(C)c1cc(N)cc(-c2ccccc2)c1. The van der Waals surface area contributed by atoms with Gasteiger partial charge in [-0.15, -0.1) is 0 Å². The van der Waals surface area contributed by atoms with Crippen LogP contribution in [0, 0.1) is 0 Å². The van der Waals surface area contributed by atoms with Gasteiger partial charge in [-0.25, -0.2) is 0 Å². The van der Waals surface area contributed by atoms with Crippen LogP contribution in [0.15, 0.2) is 48.5 Å². The third-order valence-corrected chi connectivity index (χ3v) is 2.56. The second-order valence-electron chi connectivity index (χ2n) is 4.07. The highest BCUT2D eigenvalue weighted by Crippen LogP contribution is 2.26. The molecular formula is C14H16N2. The van der Waals surface area contributed by atoms with Gasteiger partial charge in [-0.1, -0.05) is 30.3 Å². The molecule has 0 aliphatic heterocycles. The van der Waals surface area contributed by atoms with Crippen LogP contribution in [0.4, 0.5) is 11.4 Å².